The average Bonchev–Trinajstić information content (AvgIpc) is 2.73. The molecule has 0 bridgehead atoms. The molecule has 1 fully saturated rings. The second kappa shape index (κ2) is 9.19. The summed E-state index contributed by atoms with van der Waals surface area (Å²) in [4.78, 5) is 28.8. The zero-order valence-electron chi connectivity index (χ0n) is 15.3. The fraction of sp³-hybridized carbons (Fsp3) is 0.333. The number of benzene rings is 2. The van der Waals surface area contributed by atoms with Crippen molar-refractivity contribution in [2.45, 2.75) is 12.5 Å². The minimum atomic E-state index is -0.899. The highest BCUT2D eigenvalue weighted by molar-refractivity contribution is 5.88. The monoisotopic (exact) mass is 367 g/mol. The Balaban J connectivity index is 1.52. The minimum Gasteiger partial charge on any atom is -0.394 e. The summed E-state index contributed by atoms with van der Waals surface area (Å²) in [6, 6.07) is 18.5. The SMILES string of the molecule is O=C(Cc1ccccc1)NC(CO)C(=O)N1CCN(c2ccccc2)CC1. The third kappa shape index (κ3) is 5.08. The van der Waals surface area contributed by atoms with Crippen LogP contribution >= 0.6 is 0 Å². The fourth-order valence-corrected chi connectivity index (χ4v) is 3.26. The number of carbonyl (C=O) groups excluding carboxylic acids is 2. The first kappa shape index (κ1) is 18.9. The number of carbonyl (C=O) groups is 2. The summed E-state index contributed by atoms with van der Waals surface area (Å²) in [6.07, 6.45) is 0.187. The Labute approximate surface area is 159 Å². The van der Waals surface area contributed by atoms with Gasteiger partial charge in [0.2, 0.25) is 11.8 Å². The summed E-state index contributed by atoms with van der Waals surface area (Å²) >= 11 is 0. The molecular weight excluding hydrogens is 342 g/mol. The van der Waals surface area contributed by atoms with Crippen molar-refractivity contribution in [2.75, 3.05) is 37.7 Å². The Morgan fingerprint density at radius 3 is 2.11 bits per heavy atom. The third-order valence-electron chi connectivity index (χ3n) is 4.74. The molecule has 142 valence electrons. The molecule has 0 aromatic heterocycles. The smallest absolute Gasteiger partial charge is 0.247 e. The third-order valence-corrected chi connectivity index (χ3v) is 4.74. The standard InChI is InChI=1S/C21H25N3O3/c25-16-19(22-20(26)15-17-7-3-1-4-8-17)21(27)24-13-11-23(12-14-24)18-9-5-2-6-10-18/h1-10,19,25H,11-16H2,(H,22,26). The number of hydrogen-bond donors (Lipinski definition) is 2. The number of rotatable bonds is 6. The van der Waals surface area contributed by atoms with E-state index < -0.39 is 12.6 Å². The Kier molecular flexibility index (Phi) is 6.44. The first-order valence-electron chi connectivity index (χ1n) is 9.20. The van der Waals surface area contributed by atoms with Crippen LogP contribution in [0.3, 0.4) is 0 Å². The van der Waals surface area contributed by atoms with Gasteiger partial charge >= 0.3 is 0 Å². The molecule has 2 aromatic rings. The molecule has 0 radical (unpaired) electrons. The molecular formula is C21H25N3O3. The molecule has 1 aliphatic rings. The maximum absolute atomic E-state index is 12.7. The molecule has 1 atom stereocenters. The molecule has 27 heavy (non-hydrogen) atoms. The highest BCUT2D eigenvalue weighted by Gasteiger charge is 2.28. The van der Waals surface area contributed by atoms with E-state index in [0.717, 1.165) is 24.3 Å². The van der Waals surface area contributed by atoms with E-state index in [9.17, 15) is 14.7 Å². The molecule has 1 saturated heterocycles. The molecule has 6 heteroatoms. The first-order valence-corrected chi connectivity index (χ1v) is 9.20. The predicted octanol–water partition coefficient (Wildman–Crippen LogP) is 1.05. The highest BCUT2D eigenvalue weighted by atomic mass is 16.3. The number of para-hydroxylation sites is 1. The average molecular weight is 367 g/mol. The molecule has 1 aliphatic heterocycles. The van der Waals surface area contributed by atoms with Crippen LogP contribution in [0.1, 0.15) is 5.56 Å². The van der Waals surface area contributed by atoms with Gasteiger partial charge in [0.05, 0.1) is 13.0 Å². The van der Waals surface area contributed by atoms with E-state index in [2.05, 4.69) is 22.3 Å². The van der Waals surface area contributed by atoms with Crippen molar-refractivity contribution in [2.24, 2.45) is 0 Å². The maximum atomic E-state index is 12.7. The summed E-state index contributed by atoms with van der Waals surface area (Å²) in [6.45, 7) is 2.19. The second-order valence-corrected chi connectivity index (χ2v) is 6.61. The number of piperazine rings is 1. The maximum Gasteiger partial charge on any atom is 0.247 e. The lowest BCUT2D eigenvalue weighted by Gasteiger charge is -2.37. The van der Waals surface area contributed by atoms with Crippen molar-refractivity contribution < 1.29 is 14.7 Å². The largest absolute Gasteiger partial charge is 0.394 e. The van der Waals surface area contributed by atoms with Crippen LogP contribution in [0.5, 0.6) is 0 Å². The molecule has 2 aromatic carbocycles. The van der Waals surface area contributed by atoms with E-state index in [4.69, 9.17) is 0 Å². The van der Waals surface area contributed by atoms with Crippen LogP contribution in [0.25, 0.3) is 0 Å². The molecule has 3 rings (SSSR count). The number of aliphatic hydroxyl groups excluding tert-OH is 1. The number of hydrogen-bond acceptors (Lipinski definition) is 4. The van der Waals surface area contributed by atoms with Crippen LogP contribution in [0, 0.1) is 0 Å². The Morgan fingerprint density at radius 2 is 1.52 bits per heavy atom. The molecule has 2 amide bonds. The van der Waals surface area contributed by atoms with Crippen LogP contribution in [-0.4, -0.2) is 60.6 Å². The summed E-state index contributed by atoms with van der Waals surface area (Å²) in [5.74, 6) is -0.497. The molecule has 1 unspecified atom stereocenters. The van der Waals surface area contributed by atoms with Gasteiger partial charge in [-0.3, -0.25) is 9.59 Å². The lowest BCUT2D eigenvalue weighted by Crippen LogP contribution is -2.56. The van der Waals surface area contributed by atoms with E-state index in [1.807, 2.05) is 48.5 Å². The fourth-order valence-electron chi connectivity index (χ4n) is 3.26. The van der Waals surface area contributed by atoms with E-state index in [-0.39, 0.29) is 18.2 Å². The van der Waals surface area contributed by atoms with E-state index in [1.165, 1.54) is 0 Å². The number of amides is 2. The van der Waals surface area contributed by atoms with Crippen LogP contribution in [0.4, 0.5) is 5.69 Å². The number of anilines is 1. The van der Waals surface area contributed by atoms with Crippen molar-refractivity contribution in [3.63, 3.8) is 0 Å². The van der Waals surface area contributed by atoms with Crippen molar-refractivity contribution in [1.29, 1.82) is 0 Å². The Hall–Kier alpha value is -2.86. The minimum absolute atomic E-state index is 0.187. The van der Waals surface area contributed by atoms with Gasteiger partial charge in [-0.25, -0.2) is 0 Å². The first-order chi connectivity index (χ1) is 13.2. The molecule has 0 saturated carbocycles. The van der Waals surface area contributed by atoms with Gasteiger partial charge in [-0.1, -0.05) is 48.5 Å². The van der Waals surface area contributed by atoms with Crippen molar-refractivity contribution >= 4 is 17.5 Å². The summed E-state index contributed by atoms with van der Waals surface area (Å²) in [7, 11) is 0. The lowest BCUT2D eigenvalue weighted by molar-refractivity contribution is -0.137. The highest BCUT2D eigenvalue weighted by Crippen LogP contribution is 2.16. The van der Waals surface area contributed by atoms with Crippen LogP contribution in [0.2, 0.25) is 0 Å². The van der Waals surface area contributed by atoms with Crippen LogP contribution in [0.15, 0.2) is 60.7 Å². The van der Waals surface area contributed by atoms with Gasteiger partial charge < -0.3 is 20.2 Å². The van der Waals surface area contributed by atoms with E-state index in [1.54, 1.807) is 4.90 Å². The van der Waals surface area contributed by atoms with Gasteiger partial charge in [-0.15, -0.1) is 0 Å². The quantitative estimate of drug-likeness (QED) is 0.801. The molecule has 6 nitrogen and oxygen atoms in total. The van der Waals surface area contributed by atoms with Crippen LogP contribution < -0.4 is 10.2 Å². The summed E-state index contributed by atoms with van der Waals surface area (Å²) in [5.41, 5.74) is 2.01. The Morgan fingerprint density at radius 1 is 0.926 bits per heavy atom. The van der Waals surface area contributed by atoms with Crippen molar-refractivity contribution in [3.05, 3.63) is 66.2 Å². The predicted molar refractivity (Wildman–Crippen MR) is 104 cm³/mol. The van der Waals surface area contributed by atoms with E-state index >= 15 is 0 Å². The number of nitrogens with zero attached hydrogens (tertiary/aromatic N) is 2. The van der Waals surface area contributed by atoms with Gasteiger partial charge in [0.25, 0.3) is 0 Å². The topological polar surface area (TPSA) is 72.9 Å². The van der Waals surface area contributed by atoms with Crippen LogP contribution in [-0.2, 0) is 16.0 Å². The van der Waals surface area contributed by atoms with Gasteiger partial charge in [-0.2, -0.15) is 0 Å². The zero-order chi connectivity index (χ0) is 19.1. The van der Waals surface area contributed by atoms with Crippen molar-refractivity contribution in [3.8, 4) is 0 Å². The second-order valence-electron chi connectivity index (χ2n) is 6.61. The van der Waals surface area contributed by atoms with Gasteiger partial charge in [0.1, 0.15) is 6.04 Å². The summed E-state index contributed by atoms with van der Waals surface area (Å²) < 4.78 is 0. The normalized spacial score (nSPS) is 15.3. The zero-order valence-corrected chi connectivity index (χ0v) is 15.3. The van der Waals surface area contributed by atoms with Gasteiger partial charge in [0, 0.05) is 31.9 Å². The van der Waals surface area contributed by atoms with Gasteiger partial charge in [0.15, 0.2) is 0 Å². The van der Waals surface area contributed by atoms with Crippen molar-refractivity contribution in [1.82, 2.24) is 10.2 Å². The molecule has 0 spiro atoms. The molecule has 1 heterocycles. The van der Waals surface area contributed by atoms with E-state index in [0.29, 0.717) is 13.1 Å². The molecule has 0 aliphatic carbocycles. The lowest BCUT2D eigenvalue weighted by atomic mass is 10.1. The van der Waals surface area contributed by atoms with Gasteiger partial charge in [-0.05, 0) is 17.7 Å². The molecule has 2 N–H and O–H groups in total. The number of nitrogens with one attached hydrogen (secondary N) is 1. The Bertz CT molecular complexity index is 744. The summed E-state index contributed by atoms with van der Waals surface area (Å²) in [5, 5.41) is 12.3. The number of aliphatic hydroxyl groups is 1.